The first-order chi connectivity index (χ1) is 7.25. The molecule has 1 aliphatic heterocycles. The average molecular weight is 267 g/mol. The van der Waals surface area contributed by atoms with Crippen LogP contribution in [0.5, 0.6) is 0 Å². The molecule has 1 aliphatic carbocycles. The van der Waals surface area contributed by atoms with E-state index in [2.05, 4.69) is 51.3 Å². The number of hydrogen-bond acceptors (Lipinski definition) is 2. The smallest absolute Gasteiger partial charge is 0.0618 e. The second-order valence-corrected chi connectivity index (χ2v) is 5.40. The van der Waals surface area contributed by atoms with Gasteiger partial charge in [0.2, 0.25) is 0 Å². The first-order valence-electron chi connectivity index (χ1n) is 5.56. The van der Waals surface area contributed by atoms with Gasteiger partial charge in [0.1, 0.15) is 0 Å². The Morgan fingerprint density at radius 2 is 2.27 bits per heavy atom. The summed E-state index contributed by atoms with van der Waals surface area (Å²) >= 11 is 3.55. The normalized spacial score (nSPS) is 21.1. The van der Waals surface area contributed by atoms with Crippen LogP contribution in [-0.2, 0) is 0 Å². The van der Waals surface area contributed by atoms with Crippen LogP contribution >= 0.6 is 15.9 Å². The summed E-state index contributed by atoms with van der Waals surface area (Å²) in [6.07, 6.45) is 2.67. The third-order valence-electron chi connectivity index (χ3n) is 3.57. The summed E-state index contributed by atoms with van der Waals surface area (Å²) in [5, 5.41) is 3.54. The molecule has 0 atom stereocenters. The van der Waals surface area contributed by atoms with Crippen molar-refractivity contribution in [1.82, 2.24) is 0 Å². The Labute approximate surface area is 98.8 Å². The van der Waals surface area contributed by atoms with Crippen molar-refractivity contribution < 1.29 is 0 Å². The molecule has 2 aliphatic rings. The maximum absolute atomic E-state index is 3.55. The molecule has 2 nitrogen and oxygen atoms in total. The molecule has 0 unspecified atom stereocenters. The number of anilines is 2. The Kier molecular flexibility index (Phi) is 2.00. The van der Waals surface area contributed by atoms with Crippen molar-refractivity contribution in [2.75, 3.05) is 23.3 Å². The summed E-state index contributed by atoms with van der Waals surface area (Å²) < 4.78 is 1.17. The highest BCUT2D eigenvalue weighted by Gasteiger charge is 2.49. The standard InChI is InChI=1S/C12H15BrN2/c1-2-15-11-7-9(13)3-4-10(11)14-8-12(15)5-6-12/h3-4,7,14H,2,5-6,8H2,1H3. The third kappa shape index (κ3) is 1.36. The van der Waals surface area contributed by atoms with Crippen LogP contribution < -0.4 is 10.2 Å². The van der Waals surface area contributed by atoms with Crippen LogP contribution in [0.1, 0.15) is 19.8 Å². The van der Waals surface area contributed by atoms with E-state index < -0.39 is 0 Å². The van der Waals surface area contributed by atoms with Crippen LogP contribution in [0.4, 0.5) is 11.4 Å². The number of rotatable bonds is 1. The van der Waals surface area contributed by atoms with Gasteiger partial charge in [0.25, 0.3) is 0 Å². The lowest BCUT2D eigenvalue weighted by molar-refractivity contribution is 0.605. The monoisotopic (exact) mass is 266 g/mol. The molecule has 0 saturated heterocycles. The summed E-state index contributed by atoms with van der Waals surface area (Å²) in [5.41, 5.74) is 3.07. The third-order valence-corrected chi connectivity index (χ3v) is 4.07. The second-order valence-electron chi connectivity index (χ2n) is 4.48. The average Bonchev–Trinajstić information content (AvgIpc) is 2.98. The van der Waals surface area contributed by atoms with Gasteiger partial charge in [-0.3, -0.25) is 0 Å². The molecule has 1 heterocycles. The van der Waals surface area contributed by atoms with E-state index in [1.54, 1.807) is 0 Å². The number of nitrogens with zero attached hydrogens (tertiary/aromatic N) is 1. The summed E-state index contributed by atoms with van der Waals surface area (Å²) in [5.74, 6) is 0. The van der Waals surface area contributed by atoms with E-state index in [1.807, 2.05) is 0 Å². The van der Waals surface area contributed by atoms with Gasteiger partial charge in [-0.1, -0.05) is 15.9 Å². The van der Waals surface area contributed by atoms with Crippen LogP contribution in [-0.4, -0.2) is 18.6 Å². The zero-order valence-electron chi connectivity index (χ0n) is 8.89. The number of hydrogen-bond donors (Lipinski definition) is 1. The van der Waals surface area contributed by atoms with E-state index in [1.165, 1.54) is 28.7 Å². The van der Waals surface area contributed by atoms with Crippen molar-refractivity contribution in [3.8, 4) is 0 Å². The first kappa shape index (κ1) is 9.52. The summed E-state index contributed by atoms with van der Waals surface area (Å²) in [6.45, 7) is 4.46. The van der Waals surface area contributed by atoms with E-state index in [4.69, 9.17) is 0 Å². The van der Waals surface area contributed by atoms with Crippen molar-refractivity contribution in [2.24, 2.45) is 0 Å². The summed E-state index contributed by atoms with van der Waals surface area (Å²) in [6, 6.07) is 6.49. The number of nitrogens with one attached hydrogen (secondary N) is 1. The number of likely N-dealkylation sites (N-methyl/N-ethyl adjacent to an activating group) is 1. The van der Waals surface area contributed by atoms with Gasteiger partial charge in [0, 0.05) is 17.6 Å². The van der Waals surface area contributed by atoms with Gasteiger partial charge in [-0.2, -0.15) is 0 Å². The van der Waals surface area contributed by atoms with Crippen LogP contribution in [0.3, 0.4) is 0 Å². The van der Waals surface area contributed by atoms with Gasteiger partial charge < -0.3 is 10.2 Å². The molecule has 1 fully saturated rings. The molecule has 1 N–H and O–H groups in total. The topological polar surface area (TPSA) is 15.3 Å². The van der Waals surface area contributed by atoms with Gasteiger partial charge in [0.15, 0.2) is 0 Å². The van der Waals surface area contributed by atoms with Crippen molar-refractivity contribution in [3.63, 3.8) is 0 Å². The highest BCUT2D eigenvalue weighted by Crippen LogP contribution is 2.49. The van der Waals surface area contributed by atoms with Gasteiger partial charge in [-0.15, -0.1) is 0 Å². The molecule has 1 aromatic rings. The predicted molar refractivity (Wildman–Crippen MR) is 67.6 cm³/mol. The van der Waals surface area contributed by atoms with Crippen molar-refractivity contribution in [1.29, 1.82) is 0 Å². The van der Waals surface area contributed by atoms with Crippen LogP contribution in [0.15, 0.2) is 22.7 Å². The van der Waals surface area contributed by atoms with Crippen molar-refractivity contribution in [2.45, 2.75) is 25.3 Å². The molecule has 15 heavy (non-hydrogen) atoms. The molecule has 3 rings (SSSR count). The van der Waals surface area contributed by atoms with Gasteiger partial charge in [0.05, 0.1) is 16.9 Å². The van der Waals surface area contributed by atoms with Gasteiger partial charge in [-0.25, -0.2) is 0 Å². The molecule has 0 aromatic heterocycles. The lowest BCUT2D eigenvalue weighted by atomic mass is 10.1. The largest absolute Gasteiger partial charge is 0.381 e. The fraction of sp³-hybridized carbons (Fsp3) is 0.500. The van der Waals surface area contributed by atoms with E-state index in [0.29, 0.717) is 5.54 Å². The molecule has 0 bridgehead atoms. The molecule has 0 radical (unpaired) electrons. The first-order valence-corrected chi connectivity index (χ1v) is 6.35. The Morgan fingerprint density at radius 1 is 1.47 bits per heavy atom. The summed E-state index contributed by atoms with van der Waals surface area (Å²) in [7, 11) is 0. The SMILES string of the molecule is CCN1c2cc(Br)ccc2NCC12CC2. The van der Waals surface area contributed by atoms with Crippen molar-refractivity contribution >= 4 is 27.3 Å². The predicted octanol–water partition coefficient (Wildman–Crippen LogP) is 3.23. The molecule has 3 heteroatoms. The van der Waals surface area contributed by atoms with Gasteiger partial charge in [-0.05, 0) is 38.0 Å². The fourth-order valence-corrected chi connectivity index (χ4v) is 2.93. The Balaban J connectivity index is 2.08. The zero-order valence-corrected chi connectivity index (χ0v) is 10.5. The Morgan fingerprint density at radius 3 is 2.93 bits per heavy atom. The minimum Gasteiger partial charge on any atom is -0.381 e. The quantitative estimate of drug-likeness (QED) is 0.840. The van der Waals surface area contributed by atoms with E-state index in [-0.39, 0.29) is 0 Å². The minimum absolute atomic E-state index is 0.433. The van der Waals surface area contributed by atoms with Gasteiger partial charge >= 0.3 is 0 Å². The van der Waals surface area contributed by atoms with Crippen molar-refractivity contribution in [3.05, 3.63) is 22.7 Å². The van der Waals surface area contributed by atoms with E-state index in [9.17, 15) is 0 Å². The number of fused-ring (bicyclic) bond motifs is 1. The molecule has 1 spiro atoms. The molecule has 0 amide bonds. The Hall–Kier alpha value is -0.700. The minimum atomic E-state index is 0.433. The highest BCUT2D eigenvalue weighted by molar-refractivity contribution is 9.10. The molecule has 1 saturated carbocycles. The number of benzene rings is 1. The molecule has 80 valence electrons. The molecular formula is C12H15BrN2. The lowest BCUT2D eigenvalue weighted by Crippen LogP contribution is -2.46. The highest BCUT2D eigenvalue weighted by atomic mass is 79.9. The second kappa shape index (κ2) is 3.14. The molecular weight excluding hydrogens is 252 g/mol. The Bertz CT molecular complexity index is 399. The lowest BCUT2D eigenvalue weighted by Gasteiger charge is -2.39. The maximum atomic E-state index is 3.55. The van der Waals surface area contributed by atoms with Crippen LogP contribution in [0.25, 0.3) is 0 Å². The van der Waals surface area contributed by atoms with E-state index in [0.717, 1.165) is 13.1 Å². The maximum Gasteiger partial charge on any atom is 0.0618 e. The summed E-state index contributed by atoms with van der Waals surface area (Å²) in [4.78, 5) is 2.56. The zero-order chi connectivity index (χ0) is 10.5. The van der Waals surface area contributed by atoms with Crippen LogP contribution in [0, 0.1) is 0 Å². The fourth-order valence-electron chi connectivity index (χ4n) is 2.59. The van der Waals surface area contributed by atoms with Crippen LogP contribution in [0.2, 0.25) is 0 Å². The molecule has 1 aromatic carbocycles. The number of halogens is 1. The van der Waals surface area contributed by atoms with E-state index >= 15 is 0 Å².